The van der Waals surface area contributed by atoms with Gasteiger partial charge in [-0.05, 0) is 17.7 Å². The summed E-state index contributed by atoms with van der Waals surface area (Å²) in [5, 5.41) is 0.774. The first-order valence-electron chi connectivity index (χ1n) is 5.29. The lowest BCUT2D eigenvalue weighted by atomic mass is 9.99. The van der Waals surface area contributed by atoms with Gasteiger partial charge in [0, 0.05) is 5.56 Å². The molecule has 2 nitrogen and oxygen atoms in total. The minimum absolute atomic E-state index is 0.350. The molecule has 0 aliphatic heterocycles. The highest BCUT2D eigenvalue weighted by atomic mass is 35.5. The molecule has 1 unspecified atom stereocenters. The maximum atomic E-state index is 13.8. The molecule has 3 N–H and O–H groups in total. The molecule has 0 spiro atoms. The average molecular weight is 285 g/mol. The predicted octanol–water partition coefficient (Wildman–Crippen LogP) is 3.69. The molecular formula is C13H11Cl2FN2. The van der Waals surface area contributed by atoms with Gasteiger partial charge in [-0.3, -0.25) is 5.84 Å². The van der Waals surface area contributed by atoms with Crippen molar-refractivity contribution in [2.75, 3.05) is 0 Å². The molecule has 0 aromatic heterocycles. The molecule has 1 atom stereocenters. The SMILES string of the molecule is NNC(c1ccccc1F)c1cccc(Cl)c1Cl. The molecule has 18 heavy (non-hydrogen) atoms. The lowest BCUT2D eigenvalue weighted by Crippen LogP contribution is -2.29. The van der Waals surface area contributed by atoms with Gasteiger partial charge in [0.05, 0.1) is 16.1 Å². The number of hydrogen-bond acceptors (Lipinski definition) is 2. The quantitative estimate of drug-likeness (QED) is 0.666. The molecule has 2 aromatic carbocycles. The van der Waals surface area contributed by atoms with Crippen LogP contribution in [0, 0.1) is 5.82 Å². The Hall–Kier alpha value is -1.13. The van der Waals surface area contributed by atoms with Gasteiger partial charge in [-0.1, -0.05) is 53.5 Å². The lowest BCUT2D eigenvalue weighted by molar-refractivity contribution is 0.560. The Balaban J connectivity index is 2.53. The van der Waals surface area contributed by atoms with Crippen LogP contribution in [0.5, 0.6) is 0 Å². The number of nitrogens with two attached hydrogens (primary N) is 1. The van der Waals surface area contributed by atoms with E-state index in [1.807, 2.05) is 0 Å². The summed E-state index contributed by atoms with van der Waals surface area (Å²) >= 11 is 12.1. The van der Waals surface area contributed by atoms with Gasteiger partial charge in [0.25, 0.3) is 0 Å². The van der Waals surface area contributed by atoms with Crippen molar-refractivity contribution in [3.05, 3.63) is 69.5 Å². The van der Waals surface area contributed by atoms with Crippen molar-refractivity contribution in [1.29, 1.82) is 0 Å². The van der Waals surface area contributed by atoms with Crippen molar-refractivity contribution in [2.45, 2.75) is 6.04 Å². The summed E-state index contributed by atoms with van der Waals surface area (Å²) in [7, 11) is 0. The van der Waals surface area contributed by atoms with Crippen LogP contribution in [0.4, 0.5) is 4.39 Å². The highest BCUT2D eigenvalue weighted by Crippen LogP contribution is 2.33. The van der Waals surface area contributed by atoms with Gasteiger partial charge in [-0.25, -0.2) is 9.82 Å². The van der Waals surface area contributed by atoms with E-state index in [4.69, 9.17) is 29.0 Å². The van der Waals surface area contributed by atoms with E-state index in [2.05, 4.69) is 5.43 Å². The number of nitrogens with one attached hydrogen (secondary N) is 1. The number of rotatable bonds is 3. The molecule has 5 heteroatoms. The number of benzene rings is 2. The first kappa shape index (κ1) is 13.3. The molecule has 0 bridgehead atoms. The van der Waals surface area contributed by atoms with Crippen LogP contribution in [0.2, 0.25) is 10.0 Å². The van der Waals surface area contributed by atoms with E-state index in [0.29, 0.717) is 21.2 Å². The molecule has 0 amide bonds. The van der Waals surface area contributed by atoms with Crippen molar-refractivity contribution in [1.82, 2.24) is 5.43 Å². The zero-order valence-corrected chi connectivity index (χ0v) is 10.8. The van der Waals surface area contributed by atoms with E-state index in [-0.39, 0.29) is 5.82 Å². The summed E-state index contributed by atoms with van der Waals surface area (Å²) in [6.45, 7) is 0. The van der Waals surface area contributed by atoms with Gasteiger partial charge < -0.3 is 0 Å². The second-order valence-corrected chi connectivity index (χ2v) is 4.55. The Labute approximate surface area is 114 Å². The molecule has 0 heterocycles. The van der Waals surface area contributed by atoms with E-state index >= 15 is 0 Å². The zero-order valence-electron chi connectivity index (χ0n) is 9.33. The van der Waals surface area contributed by atoms with Gasteiger partial charge in [0.15, 0.2) is 0 Å². The third kappa shape index (κ3) is 2.49. The van der Waals surface area contributed by atoms with Crippen LogP contribution < -0.4 is 11.3 Å². The topological polar surface area (TPSA) is 38.0 Å². The fourth-order valence-electron chi connectivity index (χ4n) is 1.80. The normalized spacial score (nSPS) is 12.4. The largest absolute Gasteiger partial charge is 0.271 e. The fourth-order valence-corrected chi connectivity index (χ4v) is 2.22. The Morgan fingerprint density at radius 3 is 2.33 bits per heavy atom. The Morgan fingerprint density at radius 2 is 1.67 bits per heavy atom. The van der Waals surface area contributed by atoms with E-state index in [0.717, 1.165) is 0 Å². The fraction of sp³-hybridized carbons (Fsp3) is 0.0769. The van der Waals surface area contributed by atoms with Gasteiger partial charge in [0.1, 0.15) is 5.82 Å². The molecule has 0 fully saturated rings. The highest BCUT2D eigenvalue weighted by Gasteiger charge is 2.19. The number of hydrogen-bond donors (Lipinski definition) is 2. The van der Waals surface area contributed by atoms with Crippen molar-refractivity contribution < 1.29 is 4.39 Å². The number of halogens is 3. The summed E-state index contributed by atoms with van der Waals surface area (Å²) in [4.78, 5) is 0. The summed E-state index contributed by atoms with van der Waals surface area (Å²) in [6.07, 6.45) is 0. The Bertz CT molecular complexity index is 560. The second-order valence-electron chi connectivity index (χ2n) is 3.76. The minimum Gasteiger partial charge on any atom is -0.271 e. The lowest BCUT2D eigenvalue weighted by Gasteiger charge is -2.19. The molecule has 2 aromatic rings. The average Bonchev–Trinajstić information content (AvgIpc) is 2.37. The van der Waals surface area contributed by atoms with Gasteiger partial charge >= 0.3 is 0 Å². The van der Waals surface area contributed by atoms with E-state index in [1.165, 1.54) is 6.07 Å². The summed E-state index contributed by atoms with van der Waals surface area (Å²) in [5.74, 6) is 5.16. The van der Waals surface area contributed by atoms with Crippen LogP contribution in [0.1, 0.15) is 17.2 Å². The Kier molecular flexibility index (Phi) is 4.19. The van der Waals surface area contributed by atoms with Crippen LogP contribution in [0.3, 0.4) is 0 Å². The monoisotopic (exact) mass is 284 g/mol. The molecule has 94 valence electrons. The first-order valence-corrected chi connectivity index (χ1v) is 6.05. The van der Waals surface area contributed by atoms with Crippen LogP contribution in [-0.4, -0.2) is 0 Å². The minimum atomic E-state index is -0.544. The van der Waals surface area contributed by atoms with E-state index in [1.54, 1.807) is 36.4 Å². The van der Waals surface area contributed by atoms with Crippen LogP contribution in [0.25, 0.3) is 0 Å². The standard InChI is InChI=1S/C13H11Cl2FN2/c14-10-6-3-5-9(12(10)15)13(18-17)8-4-1-2-7-11(8)16/h1-7,13,18H,17H2. The van der Waals surface area contributed by atoms with E-state index in [9.17, 15) is 4.39 Å². The maximum absolute atomic E-state index is 13.8. The first-order chi connectivity index (χ1) is 8.65. The number of hydrazine groups is 1. The molecule has 0 saturated heterocycles. The van der Waals surface area contributed by atoms with E-state index < -0.39 is 6.04 Å². The molecule has 0 aliphatic carbocycles. The van der Waals surface area contributed by atoms with Crippen molar-refractivity contribution in [2.24, 2.45) is 5.84 Å². The molecule has 2 rings (SSSR count). The van der Waals surface area contributed by atoms with Gasteiger partial charge in [0.2, 0.25) is 0 Å². The summed E-state index contributed by atoms with van der Waals surface area (Å²) < 4.78 is 13.8. The molecule has 0 saturated carbocycles. The smallest absolute Gasteiger partial charge is 0.128 e. The van der Waals surface area contributed by atoms with Crippen molar-refractivity contribution in [3.63, 3.8) is 0 Å². The second kappa shape index (κ2) is 5.67. The maximum Gasteiger partial charge on any atom is 0.128 e. The van der Waals surface area contributed by atoms with Crippen molar-refractivity contribution in [3.8, 4) is 0 Å². The summed E-state index contributed by atoms with van der Waals surface area (Å²) in [6, 6.07) is 11.0. The zero-order chi connectivity index (χ0) is 13.1. The molecule has 0 aliphatic rings. The van der Waals surface area contributed by atoms with Gasteiger partial charge in [-0.15, -0.1) is 0 Å². The van der Waals surface area contributed by atoms with Crippen LogP contribution in [-0.2, 0) is 0 Å². The van der Waals surface area contributed by atoms with Crippen molar-refractivity contribution >= 4 is 23.2 Å². The van der Waals surface area contributed by atoms with Gasteiger partial charge in [-0.2, -0.15) is 0 Å². The highest BCUT2D eigenvalue weighted by molar-refractivity contribution is 6.42. The third-order valence-electron chi connectivity index (χ3n) is 2.68. The Morgan fingerprint density at radius 1 is 1.00 bits per heavy atom. The predicted molar refractivity (Wildman–Crippen MR) is 72.0 cm³/mol. The van der Waals surface area contributed by atoms with Crippen LogP contribution >= 0.6 is 23.2 Å². The third-order valence-corrected chi connectivity index (χ3v) is 3.51. The molecule has 0 radical (unpaired) electrons. The summed E-state index contributed by atoms with van der Waals surface area (Å²) in [5.41, 5.74) is 3.62. The molecular weight excluding hydrogens is 274 g/mol. The van der Waals surface area contributed by atoms with Crippen LogP contribution in [0.15, 0.2) is 42.5 Å².